The number of ether oxygens (including phenoxy) is 1. The molecule has 0 spiro atoms. The number of nitrogens with one attached hydrogen (secondary N) is 1. The molecule has 132 valence electrons. The maximum absolute atomic E-state index is 12.0. The Morgan fingerprint density at radius 2 is 2.36 bits per heavy atom. The molecule has 1 aliphatic heterocycles. The highest BCUT2D eigenvalue weighted by molar-refractivity contribution is 7.20. The van der Waals surface area contributed by atoms with Gasteiger partial charge < -0.3 is 19.5 Å². The zero-order valence-electron chi connectivity index (χ0n) is 14.0. The summed E-state index contributed by atoms with van der Waals surface area (Å²) in [6.45, 7) is 4.59. The van der Waals surface area contributed by atoms with Gasteiger partial charge in [-0.2, -0.15) is 0 Å². The van der Waals surface area contributed by atoms with Gasteiger partial charge in [0.2, 0.25) is 10.1 Å². The van der Waals surface area contributed by atoms with E-state index in [1.165, 1.54) is 4.57 Å². The molecule has 0 saturated carbocycles. The Bertz CT molecular complexity index is 915. The zero-order valence-corrected chi connectivity index (χ0v) is 14.9. The first kappa shape index (κ1) is 16.0. The van der Waals surface area contributed by atoms with Crippen LogP contribution >= 0.6 is 11.3 Å². The second kappa shape index (κ2) is 6.45. The molecule has 0 aliphatic carbocycles. The quantitative estimate of drug-likeness (QED) is 0.724. The highest BCUT2D eigenvalue weighted by atomic mass is 32.1. The molecule has 0 bridgehead atoms. The van der Waals surface area contributed by atoms with Crippen molar-refractivity contribution in [2.24, 2.45) is 7.05 Å². The van der Waals surface area contributed by atoms with Crippen LogP contribution in [0.4, 0.5) is 10.9 Å². The van der Waals surface area contributed by atoms with Gasteiger partial charge in [0.15, 0.2) is 5.82 Å². The zero-order chi connectivity index (χ0) is 17.4. The number of hydrogen-bond acceptors (Lipinski definition) is 8. The highest BCUT2D eigenvalue weighted by Gasteiger charge is 2.24. The van der Waals surface area contributed by atoms with Gasteiger partial charge >= 0.3 is 0 Å². The van der Waals surface area contributed by atoms with E-state index in [1.54, 1.807) is 30.8 Å². The lowest BCUT2D eigenvalue weighted by atomic mass is 10.3. The Morgan fingerprint density at radius 1 is 1.48 bits per heavy atom. The lowest BCUT2D eigenvalue weighted by molar-refractivity contribution is 0.0491. The van der Waals surface area contributed by atoms with Crippen molar-refractivity contribution < 1.29 is 4.74 Å². The molecule has 10 heteroatoms. The summed E-state index contributed by atoms with van der Waals surface area (Å²) in [6, 6.07) is 0. The molecule has 0 amide bonds. The van der Waals surface area contributed by atoms with E-state index < -0.39 is 0 Å². The van der Waals surface area contributed by atoms with Crippen LogP contribution in [0, 0.1) is 6.92 Å². The topological polar surface area (TPSA) is 89.6 Å². The fourth-order valence-electron chi connectivity index (χ4n) is 2.77. The van der Waals surface area contributed by atoms with Gasteiger partial charge in [-0.25, -0.2) is 14.5 Å². The van der Waals surface area contributed by atoms with Gasteiger partial charge in [0.25, 0.3) is 5.56 Å². The third-order valence-electron chi connectivity index (χ3n) is 4.08. The molecule has 1 aliphatic rings. The first-order valence-electron chi connectivity index (χ1n) is 8.05. The molecule has 0 unspecified atom stereocenters. The van der Waals surface area contributed by atoms with Gasteiger partial charge in [-0.05, 0) is 6.92 Å². The summed E-state index contributed by atoms with van der Waals surface area (Å²) < 4.78 is 9.12. The molecular weight excluding hydrogens is 342 g/mol. The summed E-state index contributed by atoms with van der Waals surface area (Å²) in [5.41, 5.74) is 0.818. The van der Waals surface area contributed by atoms with Gasteiger partial charge in [0, 0.05) is 39.1 Å². The van der Waals surface area contributed by atoms with Crippen LogP contribution in [-0.2, 0) is 11.8 Å². The van der Waals surface area contributed by atoms with Crippen molar-refractivity contribution >= 4 is 27.2 Å². The standard InChI is InChI=1S/C15H19N7O2S/c1-10-8-22-14(18-10)25-15(19-22)21-5-6-24-11(9-21)7-17-12-13(23)20(2)4-3-16-12/h3-4,8,11H,5-7,9H2,1-2H3,(H,16,17)/t11-/m1/s1. The van der Waals surface area contributed by atoms with Gasteiger partial charge in [-0.1, -0.05) is 11.3 Å². The number of nitrogens with zero attached hydrogens (tertiary/aromatic N) is 6. The molecule has 4 heterocycles. The Labute approximate surface area is 147 Å². The minimum Gasteiger partial charge on any atom is -0.373 e. The van der Waals surface area contributed by atoms with Crippen molar-refractivity contribution in [1.29, 1.82) is 0 Å². The minimum absolute atomic E-state index is 0.0431. The predicted octanol–water partition coefficient (Wildman–Crippen LogP) is 0.510. The fourth-order valence-corrected chi connectivity index (χ4v) is 3.74. The largest absolute Gasteiger partial charge is 0.373 e. The normalized spacial score (nSPS) is 18.0. The number of morpholine rings is 1. The Morgan fingerprint density at radius 3 is 3.20 bits per heavy atom. The molecule has 3 aromatic heterocycles. The van der Waals surface area contributed by atoms with Crippen molar-refractivity contribution in [2.45, 2.75) is 13.0 Å². The average molecular weight is 361 g/mol. The van der Waals surface area contributed by atoms with E-state index in [9.17, 15) is 4.79 Å². The summed E-state index contributed by atoms with van der Waals surface area (Å²) in [7, 11) is 1.70. The summed E-state index contributed by atoms with van der Waals surface area (Å²) in [5.74, 6) is 0.342. The first-order chi connectivity index (χ1) is 12.1. The van der Waals surface area contributed by atoms with E-state index in [2.05, 4.69) is 25.3 Å². The summed E-state index contributed by atoms with van der Waals surface area (Å²) in [5, 5.41) is 8.62. The van der Waals surface area contributed by atoms with Crippen LogP contribution in [0.15, 0.2) is 23.4 Å². The number of fused-ring (bicyclic) bond motifs is 1. The third-order valence-corrected chi connectivity index (χ3v) is 5.06. The number of anilines is 2. The van der Waals surface area contributed by atoms with Gasteiger partial charge in [-0.15, -0.1) is 5.10 Å². The van der Waals surface area contributed by atoms with Crippen LogP contribution in [0.1, 0.15) is 5.69 Å². The van der Waals surface area contributed by atoms with Crippen LogP contribution in [0.5, 0.6) is 0 Å². The van der Waals surface area contributed by atoms with E-state index in [0.717, 1.165) is 22.3 Å². The summed E-state index contributed by atoms with van der Waals surface area (Å²) in [6.07, 6.45) is 5.11. The number of rotatable bonds is 4. The van der Waals surface area contributed by atoms with Gasteiger partial charge in [0.05, 0.1) is 24.6 Å². The van der Waals surface area contributed by atoms with Crippen LogP contribution in [0.2, 0.25) is 0 Å². The van der Waals surface area contributed by atoms with Crippen molar-refractivity contribution in [1.82, 2.24) is 24.1 Å². The van der Waals surface area contributed by atoms with Crippen molar-refractivity contribution in [3.05, 3.63) is 34.6 Å². The van der Waals surface area contributed by atoms with E-state index in [-0.39, 0.29) is 11.7 Å². The van der Waals surface area contributed by atoms with Crippen molar-refractivity contribution in [2.75, 3.05) is 36.5 Å². The SMILES string of the molecule is Cc1cn2nc(N3CCO[C@H](CNc4nccn(C)c4=O)C3)sc2n1. The van der Waals surface area contributed by atoms with E-state index in [4.69, 9.17) is 4.74 Å². The number of hydrogen-bond donors (Lipinski definition) is 1. The minimum atomic E-state index is -0.147. The average Bonchev–Trinajstić information content (AvgIpc) is 3.14. The summed E-state index contributed by atoms with van der Waals surface area (Å²) >= 11 is 1.57. The molecule has 1 N–H and O–H groups in total. The monoisotopic (exact) mass is 361 g/mol. The van der Waals surface area contributed by atoms with E-state index in [0.29, 0.717) is 25.5 Å². The van der Waals surface area contributed by atoms with E-state index in [1.807, 2.05) is 17.6 Å². The Kier molecular flexibility index (Phi) is 4.14. The van der Waals surface area contributed by atoms with E-state index >= 15 is 0 Å². The third kappa shape index (κ3) is 3.22. The smallest absolute Gasteiger partial charge is 0.293 e. The molecule has 0 radical (unpaired) electrons. The van der Waals surface area contributed by atoms with Gasteiger partial charge in [-0.3, -0.25) is 4.79 Å². The number of imidazole rings is 1. The molecule has 0 aromatic carbocycles. The molecular formula is C15H19N7O2S. The highest BCUT2D eigenvalue weighted by Crippen LogP contribution is 2.24. The second-order valence-electron chi connectivity index (χ2n) is 6.01. The molecule has 1 fully saturated rings. The lowest BCUT2D eigenvalue weighted by Gasteiger charge is -2.32. The fraction of sp³-hybridized carbons (Fsp3) is 0.467. The maximum atomic E-state index is 12.0. The Balaban J connectivity index is 1.42. The molecule has 4 rings (SSSR count). The van der Waals surface area contributed by atoms with Crippen LogP contribution in [-0.4, -0.2) is 56.5 Å². The second-order valence-corrected chi connectivity index (χ2v) is 6.94. The van der Waals surface area contributed by atoms with Crippen molar-refractivity contribution in [3.63, 3.8) is 0 Å². The van der Waals surface area contributed by atoms with Crippen LogP contribution < -0.4 is 15.8 Å². The molecule has 1 saturated heterocycles. The number of aromatic nitrogens is 5. The lowest BCUT2D eigenvalue weighted by Crippen LogP contribution is -2.45. The van der Waals surface area contributed by atoms with Gasteiger partial charge in [0.1, 0.15) is 0 Å². The number of aryl methyl sites for hydroxylation is 2. The maximum Gasteiger partial charge on any atom is 0.293 e. The summed E-state index contributed by atoms with van der Waals surface area (Å²) in [4.78, 5) is 23.6. The molecule has 3 aromatic rings. The van der Waals surface area contributed by atoms with Crippen LogP contribution in [0.3, 0.4) is 0 Å². The molecule has 25 heavy (non-hydrogen) atoms. The van der Waals surface area contributed by atoms with Crippen LogP contribution in [0.25, 0.3) is 4.96 Å². The Hall–Kier alpha value is -2.46. The van der Waals surface area contributed by atoms with Crippen molar-refractivity contribution in [3.8, 4) is 0 Å². The predicted molar refractivity (Wildman–Crippen MR) is 95.5 cm³/mol. The molecule has 9 nitrogen and oxygen atoms in total. The first-order valence-corrected chi connectivity index (χ1v) is 8.86. The molecule has 1 atom stereocenters.